The average Bonchev–Trinajstić information content (AvgIpc) is 2.38. The van der Waals surface area contributed by atoms with Gasteiger partial charge in [-0.1, -0.05) is 18.2 Å². The predicted molar refractivity (Wildman–Crippen MR) is 87.1 cm³/mol. The Balaban J connectivity index is 2.09. The highest BCUT2D eigenvalue weighted by Crippen LogP contribution is 2.33. The number of amides is 1. The van der Waals surface area contributed by atoms with E-state index < -0.39 is 11.7 Å². The van der Waals surface area contributed by atoms with Gasteiger partial charge in [0.2, 0.25) is 0 Å². The highest BCUT2D eigenvalue weighted by molar-refractivity contribution is 5.68. The number of hydrogen-bond donors (Lipinski definition) is 1. The van der Waals surface area contributed by atoms with E-state index in [0.29, 0.717) is 13.1 Å². The number of carbonyl (C=O) groups is 1. The van der Waals surface area contributed by atoms with E-state index in [4.69, 9.17) is 4.74 Å². The normalized spacial score (nSPS) is 22.5. The van der Waals surface area contributed by atoms with Gasteiger partial charge in [-0.05, 0) is 57.7 Å². The van der Waals surface area contributed by atoms with Gasteiger partial charge in [-0.25, -0.2) is 4.79 Å². The van der Waals surface area contributed by atoms with Gasteiger partial charge >= 0.3 is 6.09 Å². The number of nitrogens with zero attached hydrogens (tertiary/aromatic N) is 1. The van der Waals surface area contributed by atoms with Gasteiger partial charge in [-0.15, -0.1) is 0 Å². The number of ether oxygens (including phenoxy) is 1. The third kappa shape index (κ3) is 3.80. The summed E-state index contributed by atoms with van der Waals surface area (Å²) in [6.45, 7) is 10.7. The van der Waals surface area contributed by atoms with Crippen molar-refractivity contribution < 1.29 is 14.6 Å². The molecule has 1 heterocycles. The molecule has 122 valence electrons. The number of β-amino-alcohol motifs (C(OH)–C–C–N with tert-alkyl or cyclic N) is 1. The van der Waals surface area contributed by atoms with Gasteiger partial charge in [0.25, 0.3) is 0 Å². The minimum atomic E-state index is -0.555. The maximum Gasteiger partial charge on any atom is 0.410 e. The molecule has 0 spiro atoms. The standard InChI is InChI=1S/C18H27NO3/c1-12-7-6-8-13(2)16(12)14-9-10-19(11-15(14)20)17(21)22-18(3,4)5/h6-8,14-15,20H,9-11H2,1-5H3/t14-,15+/m1/s1. The van der Waals surface area contributed by atoms with Crippen LogP contribution in [-0.2, 0) is 4.74 Å². The van der Waals surface area contributed by atoms with E-state index in [0.717, 1.165) is 6.42 Å². The number of aliphatic hydroxyl groups excluding tert-OH is 1. The first-order valence-electron chi connectivity index (χ1n) is 7.91. The van der Waals surface area contributed by atoms with Crippen LogP contribution in [0.5, 0.6) is 0 Å². The number of piperidine rings is 1. The van der Waals surface area contributed by atoms with Crippen LogP contribution < -0.4 is 0 Å². The Hall–Kier alpha value is -1.55. The largest absolute Gasteiger partial charge is 0.444 e. The maximum atomic E-state index is 12.1. The topological polar surface area (TPSA) is 49.8 Å². The minimum absolute atomic E-state index is 0.0832. The molecule has 2 rings (SSSR count). The monoisotopic (exact) mass is 305 g/mol. The van der Waals surface area contributed by atoms with Gasteiger partial charge in [0.1, 0.15) is 5.60 Å². The summed E-state index contributed by atoms with van der Waals surface area (Å²) in [4.78, 5) is 13.7. The van der Waals surface area contributed by atoms with Crippen molar-refractivity contribution in [1.29, 1.82) is 0 Å². The van der Waals surface area contributed by atoms with Crippen LogP contribution in [0.15, 0.2) is 18.2 Å². The first-order chi connectivity index (χ1) is 10.2. The van der Waals surface area contributed by atoms with Crippen molar-refractivity contribution in [2.45, 2.75) is 58.7 Å². The Bertz CT molecular complexity index is 528. The molecular formula is C18H27NO3. The Morgan fingerprint density at radius 2 is 1.86 bits per heavy atom. The molecule has 1 aliphatic heterocycles. The first-order valence-corrected chi connectivity index (χ1v) is 7.91. The molecule has 1 aromatic rings. The summed E-state index contributed by atoms with van der Waals surface area (Å²) < 4.78 is 5.39. The molecule has 0 bridgehead atoms. The molecule has 1 aromatic carbocycles. The van der Waals surface area contributed by atoms with Crippen molar-refractivity contribution in [3.63, 3.8) is 0 Å². The van der Waals surface area contributed by atoms with Crippen molar-refractivity contribution >= 4 is 6.09 Å². The smallest absolute Gasteiger partial charge is 0.410 e. The van der Waals surface area contributed by atoms with Crippen molar-refractivity contribution in [2.24, 2.45) is 0 Å². The molecule has 1 amide bonds. The van der Waals surface area contributed by atoms with E-state index in [2.05, 4.69) is 26.0 Å². The molecule has 4 nitrogen and oxygen atoms in total. The van der Waals surface area contributed by atoms with Gasteiger partial charge in [-0.2, -0.15) is 0 Å². The molecule has 1 fully saturated rings. The van der Waals surface area contributed by atoms with E-state index in [1.165, 1.54) is 16.7 Å². The van der Waals surface area contributed by atoms with Crippen molar-refractivity contribution in [2.75, 3.05) is 13.1 Å². The fraction of sp³-hybridized carbons (Fsp3) is 0.611. The van der Waals surface area contributed by atoms with E-state index >= 15 is 0 Å². The summed E-state index contributed by atoms with van der Waals surface area (Å²) >= 11 is 0. The Morgan fingerprint density at radius 3 is 2.36 bits per heavy atom. The van der Waals surface area contributed by atoms with Gasteiger partial charge < -0.3 is 14.7 Å². The van der Waals surface area contributed by atoms with Gasteiger partial charge in [0.15, 0.2) is 0 Å². The van der Waals surface area contributed by atoms with E-state index in [-0.39, 0.29) is 12.0 Å². The number of likely N-dealkylation sites (tertiary alicyclic amines) is 1. The second-order valence-electron chi connectivity index (χ2n) is 7.19. The zero-order valence-electron chi connectivity index (χ0n) is 14.2. The molecule has 22 heavy (non-hydrogen) atoms. The number of benzene rings is 1. The van der Waals surface area contributed by atoms with Gasteiger partial charge in [0.05, 0.1) is 12.6 Å². The first kappa shape index (κ1) is 16.8. The molecule has 1 N–H and O–H groups in total. The Labute approximate surface area is 133 Å². The molecule has 1 aliphatic rings. The van der Waals surface area contributed by atoms with Crippen LogP contribution >= 0.6 is 0 Å². The molecule has 4 heteroatoms. The highest BCUT2D eigenvalue weighted by atomic mass is 16.6. The maximum absolute atomic E-state index is 12.1. The lowest BCUT2D eigenvalue weighted by Crippen LogP contribution is -2.47. The third-order valence-corrected chi connectivity index (χ3v) is 4.15. The summed E-state index contributed by atoms with van der Waals surface area (Å²) in [5, 5.41) is 10.5. The number of aryl methyl sites for hydroxylation is 2. The fourth-order valence-electron chi connectivity index (χ4n) is 3.17. The summed E-state index contributed by atoms with van der Waals surface area (Å²) in [5.41, 5.74) is 3.12. The van der Waals surface area contributed by atoms with Crippen LogP contribution in [0.4, 0.5) is 4.79 Å². The van der Waals surface area contributed by atoms with Crippen LogP contribution in [0.2, 0.25) is 0 Å². The molecule has 0 unspecified atom stereocenters. The molecule has 0 saturated carbocycles. The Kier molecular flexibility index (Phi) is 4.81. The van der Waals surface area contributed by atoms with Crippen LogP contribution in [0.3, 0.4) is 0 Å². The number of carbonyl (C=O) groups excluding carboxylic acids is 1. The third-order valence-electron chi connectivity index (χ3n) is 4.15. The highest BCUT2D eigenvalue weighted by Gasteiger charge is 2.34. The molecule has 0 aromatic heterocycles. The lowest BCUT2D eigenvalue weighted by atomic mass is 9.82. The van der Waals surface area contributed by atoms with Crippen LogP contribution in [-0.4, -0.2) is 40.9 Å². The molecule has 0 radical (unpaired) electrons. The summed E-state index contributed by atoms with van der Waals surface area (Å²) in [6.07, 6.45) is -0.140. The van der Waals surface area contributed by atoms with Crippen LogP contribution in [0.1, 0.15) is 49.8 Å². The van der Waals surface area contributed by atoms with E-state index in [9.17, 15) is 9.90 Å². The van der Waals surface area contributed by atoms with Crippen molar-refractivity contribution in [3.8, 4) is 0 Å². The SMILES string of the molecule is Cc1cccc(C)c1[C@@H]1CCN(C(=O)OC(C)(C)C)C[C@@H]1O. The van der Waals surface area contributed by atoms with Crippen molar-refractivity contribution in [1.82, 2.24) is 4.90 Å². The lowest BCUT2D eigenvalue weighted by molar-refractivity contribution is -0.00161. The molecular weight excluding hydrogens is 278 g/mol. The molecule has 0 aliphatic carbocycles. The second-order valence-corrected chi connectivity index (χ2v) is 7.19. The summed E-state index contributed by atoms with van der Waals surface area (Å²) in [6, 6.07) is 6.20. The quantitative estimate of drug-likeness (QED) is 0.865. The summed E-state index contributed by atoms with van der Waals surface area (Å²) in [7, 11) is 0. The number of rotatable bonds is 1. The molecule has 1 saturated heterocycles. The number of hydrogen-bond acceptors (Lipinski definition) is 3. The Morgan fingerprint density at radius 1 is 1.27 bits per heavy atom. The minimum Gasteiger partial charge on any atom is -0.444 e. The van der Waals surface area contributed by atoms with Gasteiger partial charge in [-0.3, -0.25) is 0 Å². The predicted octanol–water partition coefficient (Wildman–Crippen LogP) is 3.39. The van der Waals surface area contributed by atoms with Gasteiger partial charge in [0, 0.05) is 12.5 Å². The zero-order chi connectivity index (χ0) is 16.5. The van der Waals surface area contributed by atoms with E-state index in [1.54, 1.807) is 4.90 Å². The van der Waals surface area contributed by atoms with Crippen LogP contribution in [0, 0.1) is 13.8 Å². The lowest BCUT2D eigenvalue weighted by Gasteiger charge is -2.37. The number of aliphatic hydroxyl groups is 1. The van der Waals surface area contributed by atoms with E-state index in [1.807, 2.05) is 26.8 Å². The second kappa shape index (κ2) is 6.29. The summed E-state index contributed by atoms with van der Waals surface area (Å²) in [5.74, 6) is 0.0832. The van der Waals surface area contributed by atoms with Crippen LogP contribution in [0.25, 0.3) is 0 Å². The van der Waals surface area contributed by atoms with Crippen molar-refractivity contribution in [3.05, 3.63) is 34.9 Å². The fourth-order valence-corrected chi connectivity index (χ4v) is 3.17. The zero-order valence-corrected chi connectivity index (χ0v) is 14.2. The average molecular weight is 305 g/mol. The molecule has 2 atom stereocenters.